The van der Waals surface area contributed by atoms with E-state index in [9.17, 15) is 0 Å². The quantitative estimate of drug-likeness (QED) is 0.817. The van der Waals surface area contributed by atoms with Gasteiger partial charge in [-0.1, -0.05) is 27.5 Å². The lowest BCUT2D eigenvalue weighted by Gasteiger charge is -2.08. The summed E-state index contributed by atoms with van der Waals surface area (Å²) in [6.45, 7) is 1.85. The Morgan fingerprint density at radius 3 is 2.65 bits per heavy atom. The van der Waals surface area contributed by atoms with Gasteiger partial charge in [-0.15, -0.1) is 0 Å². The van der Waals surface area contributed by atoms with Crippen molar-refractivity contribution in [1.82, 2.24) is 9.97 Å². The van der Waals surface area contributed by atoms with Crippen LogP contribution in [-0.2, 0) is 0 Å². The van der Waals surface area contributed by atoms with Gasteiger partial charge in [0.2, 0.25) is 5.28 Å². The van der Waals surface area contributed by atoms with Gasteiger partial charge in [-0.2, -0.15) is 0 Å². The first-order valence-electron chi connectivity index (χ1n) is 4.78. The minimum atomic E-state index is 0.207. The molecule has 0 spiro atoms. The Bertz CT molecular complexity index is 540. The highest BCUT2D eigenvalue weighted by Gasteiger charge is 2.04. The fourth-order valence-electron chi connectivity index (χ4n) is 1.33. The molecule has 2 aromatic rings. The second-order valence-electron chi connectivity index (χ2n) is 3.41. The van der Waals surface area contributed by atoms with Crippen LogP contribution in [0.1, 0.15) is 5.69 Å². The van der Waals surface area contributed by atoms with Gasteiger partial charge in [-0.25, -0.2) is 9.97 Å². The van der Waals surface area contributed by atoms with E-state index in [1.807, 2.05) is 19.1 Å². The monoisotopic (exact) mass is 331 g/mol. The molecule has 88 valence electrons. The summed E-state index contributed by atoms with van der Waals surface area (Å²) in [4.78, 5) is 8.06. The molecule has 1 aromatic carbocycles. The molecule has 2 rings (SSSR count). The summed E-state index contributed by atoms with van der Waals surface area (Å²) in [6, 6.07) is 7.33. The maximum absolute atomic E-state index is 6.07. The maximum atomic E-state index is 6.07. The minimum absolute atomic E-state index is 0.207. The Balaban J connectivity index is 2.34. The number of hydrogen-bond acceptors (Lipinski definition) is 3. The molecule has 0 aliphatic carbocycles. The van der Waals surface area contributed by atoms with Gasteiger partial charge in [-0.05, 0) is 36.7 Å². The lowest BCUT2D eigenvalue weighted by molar-refractivity contribution is 1.10. The molecule has 1 aromatic heterocycles. The molecule has 3 nitrogen and oxygen atoms in total. The van der Waals surface area contributed by atoms with Crippen LogP contribution in [0.3, 0.4) is 0 Å². The van der Waals surface area contributed by atoms with Gasteiger partial charge < -0.3 is 5.32 Å². The van der Waals surface area contributed by atoms with Crippen molar-refractivity contribution in [3.63, 3.8) is 0 Å². The average molecular weight is 333 g/mol. The maximum Gasteiger partial charge on any atom is 0.224 e. The highest BCUT2D eigenvalue weighted by molar-refractivity contribution is 9.10. The summed E-state index contributed by atoms with van der Waals surface area (Å²) in [6.07, 6.45) is 0. The lowest BCUT2D eigenvalue weighted by atomic mass is 10.3. The number of anilines is 2. The average Bonchev–Trinajstić information content (AvgIpc) is 2.22. The number of rotatable bonds is 2. The van der Waals surface area contributed by atoms with Crippen molar-refractivity contribution < 1.29 is 0 Å². The van der Waals surface area contributed by atoms with Crippen LogP contribution in [0, 0.1) is 6.92 Å². The lowest BCUT2D eigenvalue weighted by Crippen LogP contribution is -1.97. The van der Waals surface area contributed by atoms with Gasteiger partial charge in [0.25, 0.3) is 0 Å². The van der Waals surface area contributed by atoms with E-state index in [1.165, 1.54) is 0 Å². The first-order chi connectivity index (χ1) is 8.04. The zero-order chi connectivity index (χ0) is 12.4. The van der Waals surface area contributed by atoms with Gasteiger partial charge in [0.1, 0.15) is 5.82 Å². The zero-order valence-electron chi connectivity index (χ0n) is 8.84. The molecular formula is C11H8BrCl2N3. The van der Waals surface area contributed by atoms with Crippen molar-refractivity contribution >= 4 is 50.6 Å². The highest BCUT2D eigenvalue weighted by atomic mass is 79.9. The molecule has 0 aliphatic rings. The molecule has 0 unspecified atom stereocenters. The van der Waals surface area contributed by atoms with Crippen molar-refractivity contribution in [3.05, 3.63) is 44.7 Å². The molecule has 1 heterocycles. The molecule has 0 fully saturated rings. The van der Waals surface area contributed by atoms with Crippen LogP contribution in [0.15, 0.2) is 28.7 Å². The highest BCUT2D eigenvalue weighted by Crippen LogP contribution is 2.28. The minimum Gasteiger partial charge on any atom is -0.339 e. The Kier molecular flexibility index (Phi) is 3.86. The first kappa shape index (κ1) is 12.6. The molecule has 0 radical (unpaired) electrons. The van der Waals surface area contributed by atoms with E-state index in [2.05, 4.69) is 31.2 Å². The van der Waals surface area contributed by atoms with Gasteiger partial charge in [0.05, 0.1) is 10.7 Å². The second-order valence-corrected chi connectivity index (χ2v) is 5.07. The predicted octanol–water partition coefficient (Wildman–Crippen LogP) is 4.60. The van der Waals surface area contributed by atoms with Gasteiger partial charge in [0, 0.05) is 16.2 Å². The summed E-state index contributed by atoms with van der Waals surface area (Å²) < 4.78 is 0.932. The van der Waals surface area contributed by atoms with E-state index in [0.717, 1.165) is 15.9 Å². The molecule has 1 N–H and O–H groups in total. The summed E-state index contributed by atoms with van der Waals surface area (Å²) in [5.41, 5.74) is 1.55. The molecule has 0 atom stereocenters. The smallest absolute Gasteiger partial charge is 0.224 e. The molecule has 0 aliphatic heterocycles. The molecule has 0 saturated heterocycles. The first-order valence-corrected chi connectivity index (χ1v) is 6.33. The van der Waals surface area contributed by atoms with E-state index >= 15 is 0 Å². The third-order valence-electron chi connectivity index (χ3n) is 2.02. The van der Waals surface area contributed by atoms with Crippen molar-refractivity contribution in [1.29, 1.82) is 0 Å². The van der Waals surface area contributed by atoms with E-state index in [1.54, 1.807) is 12.1 Å². The standard InChI is InChI=1S/C11H8BrCl2N3/c1-6-4-10(17-11(14)15-6)16-9-5-7(12)2-3-8(9)13/h2-5H,1H3,(H,15,16,17). The van der Waals surface area contributed by atoms with Crippen LogP contribution in [-0.4, -0.2) is 9.97 Å². The number of aryl methyl sites for hydroxylation is 1. The van der Waals surface area contributed by atoms with Crippen LogP contribution in [0.5, 0.6) is 0 Å². The third kappa shape index (κ3) is 3.31. The fourth-order valence-corrected chi connectivity index (χ4v) is 2.08. The SMILES string of the molecule is Cc1cc(Nc2cc(Br)ccc2Cl)nc(Cl)n1. The summed E-state index contributed by atoms with van der Waals surface area (Å²) in [7, 11) is 0. The number of aromatic nitrogens is 2. The summed E-state index contributed by atoms with van der Waals surface area (Å²) in [5, 5.41) is 3.92. The summed E-state index contributed by atoms with van der Waals surface area (Å²) >= 11 is 15.2. The second kappa shape index (κ2) is 5.21. The van der Waals surface area contributed by atoms with Gasteiger partial charge in [0.15, 0.2) is 0 Å². The molecular weight excluding hydrogens is 325 g/mol. The van der Waals surface area contributed by atoms with Crippen LogP contribution >= 0.6 is 39.1 Å². The van der Waals surface area contributed by atoms with E-state index in [4.69, 9.17) is 23.2 Å². The van der Waals surface area contributed by atoms with Crippen molar-refractivity contribution in [2.45, 2.75) is 6.92 Å². The molecule has 17 heavy (non-hydrogen) atoms. The van der Waals surface area contributed by atoms with Crippen molar-refractivity contribution in [3.8, 4) is 0 Å². The van der Waals surface area contributed by atoms with Crippen LogP contribution in [0.25, 0.3) is 0 Å². The molecule has 0 amide bonds. The molecule has 0 bridgehead atoms. The van der Waals surface area contributed by atoms with Crippen LogP contribution in [0.4, 0.5) is 11.5 Å². The number of benzene rings is 1. The number of halogens is 3. The molecule has 0 saturated carbocycles. The van der Waals surface area contributed by atoms with E-state index in [0.29, 0.717) is 10.8 Å². The van der Waals surface area contributed by atoms with Crippen molar-refractivity contribution in [2.24, 2.45) is 0 Å². The normalized spacial score (nSPS) is 10.4. The Morgan fingerprint density at radius 2 is 1.94 bits per heavy atom. The Labute approximate surface area is 117 Å². The van der Waals surface area contributed by atoms with Gasteiger partial charge >= 0.3 is 0 Å². The number of nitrogens with zero attached hydrogens (tertiary/aromatic N) is 2. The van der Waals surface area contributed by atoms with E-state index < -0.39 is 0 Å². The Hall–Kier alpha value is -0.840. The van der Waals surface area contributed by atoms with Crippen LogP contribution in [0.2, 0.25) is 10.3 Å². The van der Waals surface area contributed by atoms with Gasteiger partial charge in [-0.3, -0.25) is 0 Å². The fraction of sp³-hybridized carbons (Fsp3) is 0.0909. The van der Waals surface area contributed by atoms with Crippen LogP contribution < -0.4 is 5.32 Å². The topological polar surface area (TPSA) is 37.8 Å². The van der Waals surface area contributed by atoms with Crippen molar-refractivity contribution in [2.75, 3.05) is 5.32 Å². The predicted molar refractivity (Wildman–Crippen MR) is 74.2 cm³/mol. The summed E-state index contributed by atoms with van der Waals surface area (Å²) in [5.74, 6) is 0.613. The Morgan fingerprint density at radius 1 is 1.18 bits per heavy atom. The zero-order valence-corrected chi connectivity index (χ0v) is 11.9. The largest absolute Gasteiger partial charge is 0.339 e. The van der Waals surface area contributed by atoms with E-state index in [-0.39, 0.29) is 5.28 Å². The number of hydrogen-bond donors (Lipinski definition) is 1. The molecule has 6 heteroatoms. The number of nitrogens with one attached hydrogen (secondary N) is 1. The third-order valence-corrected chi connectivity index (χ3v) is 3.01.